The molecule has 3 heterocycles. The van der Waals surface area contributed by atoms with Crippen LogP contribution in [0, 0.1) is 12.8 Å². The van der Waals surface area contributed by atoms with Gasteiger partial charge >= 0.3 is 11.7 Å². The average molecular weight is 528 g/mol. The maximum atomic E-state index is 13.9. The van der Waals surface area contributed by atoms with Gasteiger partial charge in [-0.25, -0.2) is 19.1 Å². The molecule has 1 aromatic carbocycles. The van der Waals surface area contributed by atoms with Crippen molar-refractivity contribution >= 4 is 27.5 Å². The monoisotopic (exact) mass is 527 g/mol. The van der Waals surface area contributed by atoms with Crippen molar-refractivity contribution in [2.24, 2.45) is 5.92 Å². The van der Waals surface area contributed by atoms with E-state index in [0.29, 0.717) is 21.2 Å². The van der Waals surface area contributed by atoms with Gasteiger partial charge in [0.15, 0.2) is 0 Å². The normalized spacial score (nSPS) is 13.6. The van der Waals surface area contributed by atoms with Crippen LogP contribution in [0.4, 0.5) is 0 Å². The number of carbonyl (C=O) groups is 1. The molecular weight excluding hydrogens is 498 g/mol. The Morgan fingerprint density at radius 2 is 1.95 bits per heavy atom. The molecule has 10 nitrogen and oxygen atoms in total. The third kappa shape index (κ3) is 4.89. The molecule has 0 fully saturated rings. The summed E-state index contributed by atoms with van der Waals surface area (Å²) in [4.78, 5) is 44.8. The van der Waals surface area contributed by atoms with Crippen LogP contribution in [-0.2, 0) is 21.6 Å². The minimum Gasteiger partial charge on any atom is -0.480 e. The summed E-state index contributed by atoms with van der Waals surface area (Å²) in [6.07, 6.45) is 2.29. The number of thiophene rings is 1. The standard InChI is InChI=1S/C26H29N3O7S/c1-15(13-30)14-36-18(17-8-6-5-7-9-17)12-28-23-19(16(2)20(37-23)21-27-10-11-35-21)22(31)29(25(28)34)26(3,4)24(32)33/h5-11,15,18,30H,12-14H2,1-4H3,(H,32,33)/t15-,18+/m1/s1. The van der Waals surface area contributed by atoms with E-state index in [9.17, 15) is 24.6 Å². The van der Waals surface area contributed by atoms with Gasteiger partial charge in [-0.1, -0.05) is 37.3 Å². The molecule has 0 aliphatic carbocycles. The SMILES string of the molecule is Cc1c(-c2ncco2)sc2c1c(=O)n(C(C)(C)C(=O)O)c(=O)n2C[C@H](OC[C@H](C)CO)c1ccccc1. The smallest absolute Gasteiger partial charge is 0.333 e. The van der Waals surface area contributed by atoms with Gasteiger partial charge in [-0.05, 0) is 31.9 Å². The Labute approximate surface area is 216 Å². The molecular formula is C26H29N3O7S. The molecule has 4 rings (SSSR count). The van der Waals surface area contributed by atoms with E-state index in [1.165, 1.54) is 42.2 Å². The van der Waals surface area contributed by atoms with Crippen LogP contribution in [-0.4, -0.2) is 43.5 Å². The van der Waals surface area contributed by atoms with Gasteiger partial charge in [-0.3, -0.25) is 9.36 Å². The van der Waals surface area contributed by atoms with Crippen LogP contribution >= 0.6 is 11.3 Å². The van der Waals surface area contributed by atoms with E-state index in [-0.39, 0.29) is 31.1 Å². The summed E-state index contributed by atoms with van der Waals surface area (Å²) in [6.45, 7) is 6.39. The van der Waals surface area contributed by atoms with E-state index in [1.54, 1.807) is 6.92 Å². The van der Waals surface area contributed by atoms with E-state index >= 15 is 0 Å². The molecule has 0 saturated heterocycles. The zero-order valence-electron chi connectivity index (χ0n) is 21.0. The molecule has 0 aliphatic rings. The maximum Gasteiger partial charge on any atom is 0.333 e. The van der Waals surface area contributed by atoms with Gasteiger partial charge in [0, 0.05) is 12.5 Å². The summed E-state index contributed by atoms with van der Waals surface area (Å²) in [5.74, 6) is -1.15. The van der Waals surface area contributed by atoms with Gasteiger partial charge in [0.05, 0.1) is 29.6 Å². The van der Waals surface area contributed by atoms with Crippen molar-refractivity contribution in [3.63, 3.8) is 0 Å². The summed E-state index contributed by atoms with van der Waals surface area (Å²) >= 11 is 1.18. The lowest BCUT2D eigenvalue weighted by molar-refractivity contribution is -0.146. The number of aromatic nitrogens is 3. The van der Waals surface area contributed by atoms with Crippen LogP contribution in [0.5, 0.6) is 0 Å². The average Bonchev–Trinajstić information content (AvgIpc) is 3.52. The van der Waals surface area contributed by atoms with Gasteiger partial charge in [-0.2, -0.15) is 0 Å². The molecule has 0 bridgehead atoms. The number of hydrogen-bond acceptors (Lipinski definition) is 8. The second-order valence-corrected chi connectivity index (χ2v) is 10.5. The number of aryl methyl sites for hydroxylation is 1. The number of carboxylic acid groups (broad SMARTS) is 1. The number of carboxylic acids is 1. The first-order valence-electron chi connectivity index (χ1n) is 11.8. The molecule has 4 aromatic rings. The zero-order valence-corrected chi connectivity index (χ0v) is 21.8. The zero-order chi connectivity index (χ0) is 26.9. The van der Waals surface area contributed by atoms with Gasteiger partial charge in [0.25, 0.3) is 5.56 Å². The predicted molar refractivity (Wildman–Crippen MR) is 139 cm³/mol. The van der Waals surface area contributed by atoms with Gasteiger partial charge < -0.3 is 19.4 Å². The van der Waals surface area contributed by atoms with Crippen LogP contribution in [0.3, 0.4) is 0 Å². The second-order valence-electron chi connectivity index (χ2n) is 9.49. The van der Waals surface area contributed by atoms with Crippen LogP contribution in [0.2, 0.25) is 0 Å². The molecule has 0 aliphatic heterocycles. The topological polar surface area (TPSA) is 137 Å². The molecule has 3 aromatic heterocycles. The Morgan fingerprint density at radius 3 is 2.54 bits per heavy atom. The molecule has 37 heavy (non-hydrogen) atoms. The van der Waals surface area contributed by atoms with Crippen molar-refractivity contribution in [1.82, 2.24) is 14.1 Å². The van der Waals surface area contributed by atoms with E-state index in [1.807, 2.05) is 37.3 Å². The Balaban J connectivity index is 1.99. The first-order valence-corrected chi connectivity index (χ1v) is 12.6. The summed E-state index contributed by atoms with van der Waals surface area (Å²) < 4.78 is 13.8. The molecule has 2 atom stereocenters. The molecule has 0 spiro atoms. The number of aliphatic carboxylic acids is 1. The lowest BCUT2D eigenvalue weighted by Gasteiger charge is -2.25. The van der Waals surface area contributed by atoms with Crippen molar-refractivity contribution in [2.75, 3.05) is 13.2 Å². The highest BCUT2D eigenvalue weighted by atomic mass is 32.1. The van der Waals surface area contributed by atoms with Crippen LogP contribution < -0.4 is 11.2 Å². The highest BCUT2D eigenvalue weighted by Gasteiger charge is 2.36. The fourth-order valence-electron chi connectivity index (χ4n) is 4.06. The number of ether oxygens (including phenoxy) is 1. The van der Waals surface area contributed by atoms with E-state index in [2.05, 4.69) is 4.98 Å². The Hall–Kier alpha value is -3.54. The van der Waals surface area contributed by atoms with Crippen molar-refractivity contribution < 1.29 is 24.2 Å². The first-order chi connectivity index (χ1) is 17.6. The number of rotatable bonds is 10. The highest BCUT2D eigenvalue weighted by molar-refractivity contribution is 7.22. The number of fused-ring (bicyclic) bond motifs is 1. The Morgan fingerprint density at radius 1 is 1.24 bits per heavy atom. The third-order valence-electron chi connectivity index (χ3n) is 6.33. The van der Waals surface area contributed by atoms with Crippen LogP contribution in [0.1, 0.15) is 38.0 Å². The molecule has 0 amide bonds. The Kier molecular flexibility index (Phi) is 7.49. The van der Waals surface area contributed by atoms with E-state index in [4.69, 9.17) is 9.15 Å². The van der Waals surface area contributed by atoms with Gasteiger partial charge in [-0.15, -0.1) is 11.3 Å². The van der Waals surface area contributed by atoms with E-state index in [0.717, 1.165) is 10.1 Å². The van der Waals surface area contributed by atoms with Crippen molar-refractivity contribution in [3.05, 3.63) is 74.8 Å². The fourth-order valence-corrected chi connectivity index (χ4v) is 5.30. The van der Waals surface area contributed by atoms with Crippen LogP contribution in [0.15, 0.2) is 56.8 Å². The van der Waals surface area contributed by atoms with Gasteiger partial charge in [0.2, 0.25) is 5.89 Å². The van der Waals surface area contributed by atoms with Crippen molar-refractivity contribution in [2.45, 2.75) is 45.9 Å². The number of hydrogen-bond donors (Lipinski definition) is 2. The molecule has 11 heteroatoms. The number of benzene rings is 1. The van der Waals surface area contributed by atoms with Crippen molar-refractivity contribution in [3.8, 4) is 10.8 Å². The summed E-state index contributed by atoms with van der Waals surface area (Å²) in [5, 5.41) is 19.6. The molecule has 0 saturated carbocycles. The fraction of sp³-hybridized carbons (Fsp3) is 0.385. The lowest BCUT2D eigenvalue weighted by atomic mass is 10.1. The number of oxazole rings is 1. The molecule has 2 N–H and O–H groups in total. The largest absolute Gasteiger partial charge is 0.480 e. The molecule has 0 radical (unpaired) electrons. The summed E-state index contributed by atoms with van der Waals surface area (Å²) in [5.41, 5.74) is -1.92. The first kappa shape index (κ1) is 26.5. The highest BCUT2D eigenvalue weighted by Crippen LogP contribution is 2.36. The second kappa shape index (κ2) is 10.4. The molecule has 0 unspecified atom stereocenters. The number of aliphatic hydroxyl groups excluding tert-OH is 1. The van der Waals surface area contributed by atoms with Gasteiger partial charge in [0.1, 0.15) is 22.7 Å². The maximum absolute atomic E-state index is 13.9. The van der Waals surface area contributed by atoms with Crippen molar-refractivity contribution in [1.29, 1.82) is 0 Å². The summed E-state index contributed by atoms with van der Waals surface area (Å²) in [7, 11) is 0. The Bertz CT molecular complexity index is 1520. The minimum absolute atomic E-state index is 0.0124. The predicted octanol–water partition coefficient (Wildman–Crippen LogP) is 3.39. The summed E-state index contributed by atoms with van der Waals surface area (Å²) in [6, 6.07) is 9.30. The molecule has 196 valence electrons. The number of aliphatic hydroxyl groups is 1. The third-order valence-corrected chi connectivity index (χ3v) is 7.64. The number of nitrogens with zero attached hydrogens (tertiary/aromatic N) is 3. The lowest BCUT2D eigenvalue weighted by Crippen LogP contribution is -2.52. The van der Waals surface area contributed by atoms with Crippen LogP contribution in [0.25, 0.3) is 21.0 Å². The quantitative estimate of drug-likeness (QED) is 0.320. The minimum atomic E-state index is -1.81. The van der Waals surface area contributed by atoms with E-state index < -0.39 is 28.9 Å².